The minimum atomic E-state index is -0.597. The van der Waals surface area contributed by atoms with Crippen LogP contribution in [0.1, 0.15) is 6.92 Å². The molecule has 0 heterocycles. The predicted molar refractivity (Wildman–Crippen MR) is 30.1 cm³/mol. The van der Waals surface area contributed by atoms with Gasteiger partial charge in [0.1, 0.15) is 5.83 Å². The molecule has 0 aliphatic heterocycles. The molecule has 44 valence electrons. The van der Waals surface area contributed by atoms with Crippen molar-refractivity contribution in [3.63, 3.8) is 0 Å². The van der Waals surface area contributed by atoms with E-state index in [9.17, 15) is 9.18 Å². The molecule has 8 heavy (non-hydrogen) atoms. The van der Waals surface area contributed by atoms with Gasteiger partial charge in [0.05, 0.1) is 0 Å². The minimum Gasteiger partial charge on any atom is -0.295 e. The van der Waals surface area contributed by atoms with E-state index in [2.05, 4.69) is 6.58 Å². The van der Waals surface area contributed by atoms with Crippen LogP contribution in [0.5, 0.6) is 0 Å². The maximum absolute atomic E-state index is 11.6. The van der Waals surface area contributed by atoms with E-state index in [0.717, 1.165) is 12.2 Å². The fraction of sp³-hybridized carbons (Fsp3) is 0.167. The highest BCUT2D eigenvalue weighted by Crippen LogP contribution is 1.91. The van der Waals surface area contributed by atoms with Crippen LogP contribution in [0.4, 0.5) is 4.39 Å². The number of allylic oxidation sites excluding steroid dienone is 3. The second-order valence-electron chi connectivity index (χ2n) is 1.39. The first kappa shape index (κ1) is 7.08. The molecule has 0 saturated carbocycles. The molecule has 0 rings (SSSR count). The summed E-state index contributed by atoms with van der Waals surface area (Å²) in [6.45, 7) is 4.27. The van der Waals surface area contributed by atoms with Gasteiger partial charge in [0.25, 0.3) is 0 Å². The summed E-state index contributed by atoms with van der Waals surface area (Å²) in [7, 11) is 0. The van der Waals surface area contributed by atoms with Crippen LogP contribution >= 0.6 is 0 Å². The summed E-state index contributed by atoms with van der Waals surface area (Å²) in [5, 5.41) is 0. The van der Waals surface area contributed by atoms with Crippen LogP contribution in [0, 0.1) is 0 Å². The van der Waals surface area contributed by atoms with E-state index in [-0.39, 0.29) is 5.78 Å². The second kappa shape index (κ2) is 3.13. The molecule has 0 aromatic heterocycles. The van der Waals surface area contributed by atoms with Crippen LogP contribution in [0.15, 0.2) is 24.6 Å². The van der Waals surface area contributed by atoms with Crippen LogP contribution in [0.2, 0.25) is 0 Å². The van der Waals surface area contributed by atoms with E-state index in [1.807, 2.05) is 0 Å². The zero-order valence-electron chi connectivity index (χ0n) is 4.65. The smallest absolute Gasteiger partial charge is 0.152 e. The van der Waals surface area contributed by atoms with Gasteiger partial charge in [0, 0.05) is 0 Å². The van der Waals surface area contributed by atoms with Gasteiger partial charge in [-0.25, -0.2) is 4.39 Å². The van der Waals surface area contributed by atoms with Crippen LogP contribution in [-0.2, 0) is 4.79 Å². The fourth-order valence-electron chi connectivity index (χ4n) is 0.208. The number of halogens is 1. The summed E-state index contributed by atoms with van der Waals surface area (Å²) in [5.74, 6) is -0.774. The van der Waals surface area contributed by atoms with E-state index >= 15 is 0 Å². The Balaban J connectivity index is 3.67. The van der Waals surface area contributed by atoms with Crippen LogP contribution in [-0.4, -0.2) is 5.78 Å². The number of ketones is 1. The van der Waals surface area contributed by atoms with E-state index in [0.29, 0.717) is 0 Å². The summed E-state index contributed by atoms with van der Waals surface area (Å²) in [6, 6.07) is 0. The molecule has 0 bridgehead atoms. The quantitative estimate of drug-likeness (QED) is 0.393. The van der Waals surface area contributed by atoms with E-state index in [4.69, 9.17) is 0 Å². The van der Waals surface area contributed by atoms with Crippen molar-refractivity contribution in [1.29, 1.82) is 0 Å². The van der Waals surface area contributed by atoms with Crippen molar-refractivity contribution in [2.24, 2.45) is 0 Å². The van der Waals surface area contributed by atoms with Crippen molar-refractivity contribution < 1.29 is 9.18 Å². The predicted octanol–water partition coefficient (Wildman–Crippen LogP) is 1.61. The zero-order valence-corrected chi connectivity index (χ0v) is 4.65. The molecule has 0 spiro atoms. The van der Waals surface area contributed by atoms with Crippen molar-refractivity contribution in [1.82, 2.24) is 0 Å². The van der Waals surface area contributed by atoms with Crippen molar-refractivity contribution in [2.45, 2.75) is 6.92 Å². The van der Waals surface area contributed by atoms with Crippen molar-refractivity contribution >= 4 is 5.78 Å². The van der Waals surface area contributed by atoms with Gasteiger partial charge in [-0.05, 0) is 19.1 Å². The first-order valence-electron chi connectivity index (χ1n) is 2.16. The van der Waals surface area contributed by atoms with Gasteiger partial charge >= 0.3 is 0 Å². The van der Waals surface area contributed by atoms with Crippen molar-refractivity contribution in [3.8, 4) is 0 Å². The molecule has 0 radical (unpaired) electrons. The van der Waals surface area contributed by atoms with Gasteiger partial charge in [0.2, 0.25) is 0 Å². The highest BCUT2D eigenvalue weighted by atomic mass is 19.1. The lowest BCUT2D eigenvalue weighted by atomic mass is 10.4. The molecular formula is C6H7FO. The van der Waals surface area contributed by atoms with Gasteiger partial charge < -0.3 is 0 Å². The Morgan fingerprint density at radius 3 is 2.25 bits per heavy atom. The molecule has 0 aromatic rings. The summed E-state index contributed by atoms with van der Waals surface area (Å²) in [6.07, 6.45) is 2.16. The second-order valence-corrected chi connectivity index (χ2v) is 1.39. The molecule has 0 amide bonds. The molecule has 2 heteroatoms. The Morgan fingerprint density at radius 1 is 1.62 bits per heavy atom. The third kappa shape index (κ3) is 5.08. The number of carbonyl (C=O) groups excluding carboxylic acids is 1. The zero-order chi connectivity index (χ0) is 6.57. The maximum atomic E-state index is 11.6. The normalized spacial score (nSPS) is 9.75. The largest absolute Gasteiger partial charge is 0.295 e. The Morgan fingerprint density at radius 2 is 2.12 bits per heavy atom. The maximum Gasteiger partial charge on any atom is 0.152 e. The molecule has 0 aromatic carbocycles. The molecule has 0 saturated heterocycles. The van der Waals surface area contributed by atoms with Gasteiger partial charge in [-0.1, -0.05) is 6.58 Å². The first-order valence-corrected chi connectivity index (χ1v) is 2.16. The monoisotopic (exact) mass is 114 g/mol. The lowest BCUT2D eigenvalue weighted by Gasteiger charge is -1.76. The fourth-order valence-corrected chi connectivity index (χ4v) is 0.208. The SMILES string of the molecule is C=C(F)/C=C\C(C)=O. The summed E-state index contributed by atoms with van der Waals surface area (Å²) in [5.41, 5.74) is 0. The third-order valence-corrected chi connectivity index (χ3v) is 0.499. The Hall–Kier alpha value is -0.920. The van der Waals surface area contributed by atoms with Crippen molar-refractivity contribution in [2.75, 3.05) is 0 Å². The molecule has 0 aliphatic carbocycles. The average molecular weight is 114 g/mol. The molecule has 0 N–H and O–H groups in total. The van der Waals surface area contributed by atoms with Gasteiger partial charge in [-0.15, -0.1) is 0 Å². The third-order valence-electron chi connectivity index (χ3n) is 0.499. The first-order chi connectivity index (χ1) is 3.63. The lowest BCUT2D eigenvalue weighted by Crippen LogP contribution is -1.78. The van der Waals surface area contributed by atoms with E-state index in [1.54, 1.807) is 0 Å². The van der Waals surface area contributed by atoms with Gasteiger partial charge in [0.15, 0.2) is 5.78 Å². The standard InChI is InChI=1S/C6H7FO/c1-5(7)3-4-6(2)8/h3-4H,1H2,2H3/b4-3-. The van der Waals surface area contributed by atoms with Crippen molar-refractivity contribution in [3.05, 3.63) is 24.6 Å². The molecule has 0 atom stereocenters. The highest BCUT2D eigenvalue weighted by molar-refractivity contribution is 5.87. The topological polar surface area (TPSA) is 17.1 Å². The summed E-state index contributed by atoms with van der Waals surface area (Å²) in [4.78, 5) is 10.1. The Kier molecular flexibility index (Phi) is 2.77. The number of hydrogen-bond donors (Lipinski definition) is 0. The number of hydrogen-bond acceptors (Lipinski definition) is 1. The Bertz CT molecular complexity index is 119. The summed E-state index contributed by atoms with van der Waals surface area (Å²) >= 11 is 0. The van der Waals surface area contributed by atoms with E-state index < -0.39 is 5.83 Å². The minimum absolute atomic E-state index is 0.177. The molecule has 0 fully saturated rings. The van der Waals surface area contributed by atoms with E-state index in [1.165, 1.54) is 6.92 Å². The number of rotatable bonds is 2. The Labute approximate surface area is 47.5 Å². The molecule has 0 unspecified atom stereocenters. The van der Waals surface area contributed by atoms with Gasteiger partial charge in [-0.2, -0.15) is 0 Å². The highest BCUT2D eigenvalue weighted by Gasteiger charge is 1.81. The van der Waals surface area contributed by atoms with Crippen LogP contribution < -0.4 is 0 Å². The molecule has 0 aliphatic rings. The van der Waals surface area contributed by atoms with Crippen LogP contribution in [0.25, 0.3) is 0 Å². The molecular weight excluding hydrogens is 107 g/mol. The van der Waals surface area contributed by atoms with Gasteiger partial charge in [-0.3, -0.25) is 4.79 Å². The molecule has 1 nitrogen and oxygen atoms in total. The van der Waals surface area contributed by atoms with Crippen LogP contribution in [0.3, 0.4) is 0 Å². The summed E-state index contributed by atoms with van der Waals surface area (Å²) < 4.78 is 11.6. The number of carbonyl (C=O) groups is 1. The average Bonchev–Trinajstić information content (AvgIpc) is 1.61. The lowest BCUT2D eigenvalue weighted by molar-refractivity contribution is -0.112.